The van der Waals surface area contributed by atoms with Gasteiger partial charge in [0.05, 0.1) is 11.0 Å². The van der Waals surface area contributed by atoms with E-state index in [1.165, 1.54) is 31.3 Å². The Morgan fingerprint density at radius 3 is 1.93 bits per heavy atom. The fourth-order valence-electron chi connectivity index (χ4n) is 11.5. The Morgan fingerprint density at radius 2 is 1.39 bits per heavy atom. The molecule has 252 valence electrons. The first-order valence-electron chi connectivity index (χ1n) is 17.4. The van der Waals surface area contributed by atoms with Crippen LogP contribution in [0.4, 0.5) is 0 Å². The molecule has 46 heavy (non-hydrogen) atoms. The average molecular weight is 629 g/mol. The Kier molecular flexibility index (Phi) is 13.2. The summed E-state index contributed by atoms with van der Waals surface area (Å²) in [6, 6.07) is 7.47. The summed E-state index contributed by atoms with van der Waals surface area (Å²) in [4.78, 5) is 23.8. The molecule has 0 aliphatic heterocycles. The van der Waals surface area contributed by atoms with E-state index in [1.54, 1.807) is 18.2 Å². The highest BCUT2D eigenvalue weighted by atomic mass is 16.4. The molecule has 5 aliphatic rings. The summed E-state index contributed by atoms with van der Waals surface area (Å²) in [5.41, 5.74) is 2.99. The Labute approximate surface area is 280 Å². The lowest BCUT2D eigenvalue weighted by Gasteiger charge is -2.68. The van der Waals surface area contributed by atoms with Crippen LogP contribution in [0.25, 0.3) is 5.57 Å². The zero-order valence-electron chi connectivity index (χ0n) is 29.6. The molecule has 6 rings (SSSR count). The molecule has 1 aromatic carbocycles. The average Bonchev–Trinajstić information content (AvgIpc) is 3.50. The second-order valence-electron chi connectivity index (χ2n) is 14.8. The zero-order valence-corrected chi connectivity index (χ0v) is 29.6. The molecule has 2 N–H and O–H groups in total. The number of hydrogen-bond donors (Lipinski definition) is 2. The molecule has 8 atom stereocenters. The summed E-state index contributed by atoms with van der Waals surface area (Å²) >= 11 is 0. The summed E-state index contributed by atoms with van der Waals surface area (Å²) in [7, 11) is 0. The summed E-state index contributed by atoms with van der Waals surface area (Å²) in [5.74, 6) is 1.50. The quantitative estimate of drug-likeness (QED) is 0.258. The second kappa shape index (κ2) is 15.6. The molecule has 4 fully saturated rings. The summed E-state index contributed by atoms with van der Waals surface area (Å²) in [5, 5.41) is 19.6. The number of benzene rings is 1. The van der Waals surface area contributed by atoms with Gasteiger partial charge in [-0.3, -0.25) is 4.79 Å². The minimum absolute atomic E-state index is 0.0202. The van der Waals surface area contributed by atoms with Crippen molar-refractivity contribution in [2.75, 3.05) is 0 Å². The van der Waals surface area contributed by atoms with E-state index in [0.29, 0.717) is 40.6 Å². The first-order valence-corrected chi connectivity index (χ1v) is 17.4. The second-order valence-corrected chi connectivity index (χ2v) is 14.8. The van der Waals surface area contributed by atoms with Crippen LogP contribution in [0.5, 0.6) is 0 Å². The molecule has 5 aliphatic carbocycles. The van der Waals surface area contributed by atoms with Crippen LogP contribution >= 0.6 is 0 Å². The van der Waals surface area contributed by atoms with Crippen molar-refractivity contribution in [3.8, 4) is 25.7 Å². The maximum atomic E-state index is 12.5. The van der Waals surface area contributed by atoms with Gasteiger partial charge in [0.1, 0.15) is 0 Å². The van der Waals surface area contributed by atoms with Crippen LogP contribution < -0.4 is 0 Å². The van der Waals surface area contributed by atoms with Gasteiger partial charge in [-0.2, -0.15) is 0 Å². The standard InChI is InChI=1S/C33H44O4.C3H6.C2H6.2C2H2/c1-30(2)23(20-7-9-21(10-8-20)28(34)35)13-17-32(4)26(30)15-18-31(3)24-14-19-33(29(36)37)16-5-6-25(33)22(24)11-12-27(31)32;1-3-2;3*1-2/h7-10,13,22,24-27H,5-6,11-12,14-19H2,1-4H3,(H,34,35)(H,36,37);3H,1H2,2H3;1-2H3;2*1-2H/t22-,24?,25?,26?,27?,31-,32-,33-;;;;/m0..../s1. The van der Waals surface area contributed by atoms with Crippen molar-refractivity contribution >= 4 is 17.5 Å². The summed E-state index contributed by atoms with van der Waals surface area (Å²) < 4.78 is 0. The Morgan fingerprint density at radius 1 is 0.804 bits per heavy atom. The van der Waals surface area contributed by atoms with Gasteiger partial charge in [-0.25, -0.2) is 4.79 Å². The predicted molar refractivity (Wildman–Crippen MR) is 192 cm³/mol. The monoisotopic (exact) mass is 628 g/mol. The molecule has 4 saturated carbocycles. The number of aromatic carboxylic acids is 1. The number of aliphatic carboxylic acids is 1. The van der Waals surface area contributed by atoms with E-state index in [4.69, 9.17) is 0 Å². The predicted octanol–water partition coefficient (Wildman–Crippen LogP) is 10.6. The van der Waals surface area contributed by atoms with Crippen molar-refractivity contribution in [3.05, 3.63) is 54.1 Å². The normalized spacial score (nSPS) is 35.9. The minimum Gasteiger partial charge on any atom is -0.481 e. The van der Waals surface area contributed by atoms with Crippen molar-refractivity contribution in [2.45, 2.75) is 113 Å². The molecule has 1 aromatic rings. The van der Waals surface area contributed by atoms with E-state index in [9.17, 15) is 19.8 Å². The molecule has 4 unspecified atom stereocenters. The summed E-state index contributed by atoms with van der Waals surface area (Å²) in [6.07, 6.45) is 31.3. The van der Waals surface area contributed by atoms with Crippen LogP contribution in [0.2, 0.25) is 0 Å². The third-order valence-electron chi connectivity index (χ3n) is 13.0. The highest BCUT2D eigenvalue weighted by Crippen LogP contribution is 2.73. The largest absolute Gasteiger partial charge is 0.481 e. The van der Waals surface area contributed by atoms with E-state index in [0.717, 1.165) is 44.1 Å². The first kappa shape index (κ1) is 38.9. The number of carboxylic acids is 2. The molecule has 0 saturated heterocycles. The van der Waals surface area contributed by atoms with Crippen molar-refractivity contribution in [1.82, 2.24) is 0 Å². The number of carboxylic acid groups (broad SMARTS) is 2. The fraction of sp³-hybridized carbons (Fsp3) is 0.619. The van der Waals surface area contributed by atoms with Crippen molar-refractivity contribution < 1.29 is 19.8 Å². The van der Waals surface area contributed by atoms with E-state index in [-0.39, 0.29) is 10.8 Å². The maximum absolute atomic E-state index is 12.5. The molecule has 0 aromatic heterocycles. The lowest BCUT2D eigenvalue weighted by atomic mass is 9.36. The van der Waals surface area contributed by atoms with Crippen LogP contribution in [0.1, 0.15) is 129 Å². The van der Waals surface area contributed by atoms with E-state index >= 15 is 0 Å². The number of allylic oxidation sites excluding steroid dienone is 3. The van der Waals surface area contributed by atoms with Gasteiger partial charge in [0.2, 0.25) is 0 Å². The first-order chi connectivity index (χ1) is 21.9. The van der Waals surface area contributed by atoms with Crippen molar-refractivity contribution in [2.24, 2.45) is 51.2 Å². The molecular formula is C42H60O4. The van der Waals surface area contributed by atoms with Gasteiger partial charge in [-0.05, 0) is 134 Å². The number of carbonyl (C=O) groups is 2. The molecule has 0 heterocycles. The molecule has 4 nitrogen and oxygen atoms in total. The van der Waals surface area contributed by atoms with Gasteiger partial charge in [0, 0.05) is 0 Å². The topological polar surface area (TPSA) is 74.6 Å². The van der Waals surface area contributed by atoms with Crippen molar-refractivity contribution in [1.29, 1.82) is 0 Å². The van der Waals surface area contributed by atoms with Crippen LogP contribution in [-0.2, 0) is 4.79 Å². The van der Waals surface area contributed by atoms with Crippen LogP contribution in [-0.4, -0.2) is 22.2 Å². The lowest BCUT2D eigenvalue weighted by molar-refractivity contribution is -0.187. The highest BCUT2D eigenvalue weighted by Gasteiger charge is 2.66. The molecule has 0 spiro atoms. The van der Waals surface area contributed by atoms with E-state index in [2.05, 4.69) is 66.0 Å². The van der Waals surface area contributed by atoms with Gasteiger partial charge in [0.15, 0.2) is 0 Å². The molecule has 0 radical (unpaired) electrons. The minimum atomic E-state index is -0.876. The van der Waals surface area contributed by atoms with E-state index in [1.807, 2.05) is 32.9 Å². The Hall–Kier alpha value is -3.24. The third-order valence-corrected chi connectivity index (χ3v) is 13.0. The van der Waals surface area contributed by atoms with Crippen LogP contribution in [0.3, 0.4) is 0 Å². The molecule has 4 heteroatoms. The number of rotatable bonds is 3. The van der Waals surface area contributed by atoms with Crippen molar-refractivity contribution in [3.63, 3.8) is 0 Å². The number of terminal acetylenes is 2. The Bertz CT molecular complexity index is 1280. The number of hydrogen-bond acceptors (Lipinski definition) is 2. The fourth-order valence-corrected chi connectivity index (χ4v) is 11.5. The molecule has 0 bridgehead atoms. The Balaban J connectivity index is 0.000000749. The van der Waals surface area contributed by atoms with Crippen LogP contribution in [0, 0.1) is 76.9 Å². The number of fused-ring (bicyclic) bond motifs is 7. The van der Waals surface area contributed by atoms with Gasteiger partial charge >= 0.3 is 11.9 Å². The molecular weight excluding hydrogens is 568 g/mol. The van der Waals surface area contributed by atoms with Gasteiger partial charge in [0.25, 0.3) is 0 Å². The zero-order chi connectivity index (χ0) is 35.1. The van der Waals surface area contributed by atoms with Gasteiger partial charge in [-0.15, -0.1) is 32.3 Å². The summed E-state index contributed by atoms with van der Waals surface area (Å²) in [6.45, 7) is 19.2. The van der Waals surface area contributed by atoms with E-state index < -0.39 is 17.4 Å². The molecule has 0 amide bonds. The van der Waals surface area contributed by atoms with Crippen LogP contribution in [0.15, 0.2) is 43.0 Å². The third kappa shape index (κ3) is 6.35. The SMILES string of the molecule is C#C.C#C.C=CC.CC.CC1(C)C(c2ccc(C(=O)O)cc2)=CC[C@@]2(C)C1CC[C@@]1(C)C3CC[C@@]4(C(=O)O)CCCC4[C@H]3CCC12. The lowest BCUT2D eigenvalue weighted by Crippen LogP contribution is -2.61. The smallest absolute Gasteiger partial charge is 0.335 e. The maximum Gasteiger partial charge on any atom is 0.335 e. The highest BCUT2D eigenvalue weighted by molar-refractivity contribution is 5.88. The van der Waals surface area contributed by atoms with Gasteiger partial charge in [-0.1, -0.05) is 72.2 Å². The van der Waals surface area contributed by atoms with Gasteiger partial charge < -0.3 is 10.2 Å².